The van der Waals surface area contributed by atoms with Crippen LogP contribution in [0.1, 0.15) is 13.3 Å². The monoisotopic (exact) mass is 311 g/mol. The number of hydrogen-bond donors (Lipinski definition) is 1. The van der Waals surface area contributed by atoms with E-state index in [1.54, 1.807) is 23.1 Å². The van der Waals surface area contributed by atoms with Gasteiger partial charge in [0.05, 0.1) is 24.0 Å². The molecular weight excluding hydrogens is 294 g/mol. The average Bonchev–Trinajstić information content (AvgIpc) is 2.83. The van der Waals surface area contributed by atoms with Gasteiger partial charge in [0.1, 0.15) is 5.75 Å². The first-order valence-corrected chi connectivity index (χ1v) is 7.24. The van der Waals surface area contributed by atoms with E-state index in [4.69, 9.17) is 21.4 Å². The number of rotatable bonds is 5. The summed E-state index contributed by atoms with van der Waals surface area (Å²) in [7, 11) is 0. The lowest BCUT2D eigenvalue weighted by atomic mass is 9.99. The Bertz CT molecular complexity index is 534. The molecule has 0 aromatic heterocycles. The van der Waals surface area contributed by atoms with Gasteiger partial charge in [-0.2, -0.15) is 0 Å². The van der Waals surface area contributed by atoms with Gasteiger partial charge in [-0.25, -0.2) is 0 Å². The summed E-state index contributed by atoms with van der Waals surface area (Å²) in [6, 6.07) is 7.07. The number of carbonyl (C=O) groups excluding carboxylic acids is 1. The molecule has 1 saturated heterocycles. The van der Waals surface area contributed by atoms with Gasteiger partial charge in [0.2, 0.25) is 5.91 Å². The van der Waals surface area contributed by atoms with E-state index in [2.05, 4.69) is 0 Å². The quantitative estimate of drug-likeness (QED) is 0.906. The second-order valence-corrected chi connectivity index (χ2v) is 5.66. The summed E-state index contributed by atoms with van der Waals surface area (Å²) in [6.07, 6.45) is 0.213. The molecule has 6 heteroatoms. The number of halogens is 1. The molecule has 0 radical (unpaired) electrons. The molecule has 0 spiro atoms. The molecule has 1 amide bonds. The Morgan fingerprint density at radius 2 is 2.10 bits per heavy atom. The van der Waals surface area contributed by atoms with Crippen LogP contribution >= 0.6 is 11.6 Å². The zero-order chi connectivity index (χ0) is 15.4. The van der Waals surface area contributed by atoms with Crippen LogP contribution in [0.5, 0.6) is 5.75 Å². The first kappa shape index (κ1) is 15.6. The van der Waals surface area contributed by atoms with Crippen molar-refractivity contribution in [3.8, 4) is 5.75 Å². The molecule has 1 aliphatic heterocycles. The maximum Gasteiger partial charge on any atom is 0.308 e. The number of carboxylic acids is 1. The summed E-state index contributed by atoms with van der Waals surface area (Å²) in [4.78, 5) is 24.7. The maximum atomic E-state index is 12.1. The maximum absolute atomic E-state index is 12.1. The second-order valence-electron chi connectivity index (χ2n) is 5.25. The summed E-state index contributed by atoms with van der Waals surface area (Å²) in [5.74, 6) is -0.873. The third-order valence-electron chi connectivity index (χ3n) is 3.69. The predicted octanol–water partition coefficient (Wildman–Crippen LogP) is 2.29. The van der Waals surface area contributed by atoms with Gasteiger partial charge < -0.3 is 14.7 Å². The SMILES string of the molecule is CC1CN(C(=O)CCOc2ccccc2Cl)CC1C(=O)O. The van der Waals surface area contributed by atoms with Crippen LogP contribution in [0, 0.1) is 11.8 Å². The molecule has 2 rings (SSSR count). The van der Waals surface area contributed by atoms with E-state index in [0.717, 1.165) is 0 Å². The van der Waals surface area contributed by atoms with Crippen molar-refractivity contribution < 1.29 is 19.4 Å². The average molecular weight is 312 g/mol. The van der Waals surface area contributed by atoms with Crippen LogP contribution in [0.25, 0.3) is 0 Å². The Morgan fingerprint density at radius 3 is 2.71 bits per heavy atom. The summed E-state index contributed by atoms with van der Waals surface area (Å²) >= 11 is 5.95. The Labute approximate surface area is 128 Å². The van der Waals surface area contributed by atoms with Gasteiger partial charge >= 0.3 is 5.97 Å². The van der Waals surface area contributed by atoms with Gasteiger partial charge in [0, 0.05) is 13.1 Å². The lowest BCUT2D eigenvalue weighted by Crippen LogP contribution is -2.30. The molecule has 1 aromatic rings. The highest BCUT2D eigenvalue weighted by molar-refractivity contribution is 6.32. The molecule has 2 atom stereocenters. The zero-order valence-corrected chi connectivity index (χ0v) is 12.5. The minimum absolute atomic E-state index is 0.0177. The molecule has 0 saturated carbocycles. The van der Waals surface area contributed by atoms with Crippen molar-refractivity contribution in [1.29, 1.82) is 0 Å². The second kappa shape index (κ2) is 6.80. The molecule has 1 aliphatic rings. The van der Waals surface area contributed by atoms with E-state index in [-0.39, 0.29) is 31.4 Å². The number of para-hydroxylation sites is 1. The van der Waals surface area contributed by atoms with E-state index < -0.39 is 11.9 Å². The molecule has 1 fully saturated rings. The van der Waals surface area contributed by atoms with Gasteiger partial charge in [-0.1, -0.05) is 30.7 Å². The van der Waals surface area contributed by atoms with Crippen molar-refractivity contribution in [3.05, 3.63) is 29.3 Å². The van der Waals surface area contributed by atoms with E-state index in [0.29, 0.717) is 17.3 Å². The van der Waals surface area contributed by atoms with Crippen molar-refractivity contribution in [2.24, 2.45) is 11.8 Å². The summed E-state index contributed by atoms with van der Waals surface area (Å²) < 4.78 is 5.47. The fourth-order valence-electron chi connectivity index (χ4n) is 2.46. The topological polar surface area (TPSA) is 66.8 Å². The zero-order valence-electron chi connectivity index (χ0n) is 11.8. The molecule has 2 unspecified atom stereocenters. The van der Waals surface area contributed by atoms with Crippen molar-refractivity contribution in [3.63, 3.8) is 0 Å². The van der Waals surface area contributed by atoms with Crippen LogP contribution in [0.4, 0.5) is 0 Å². The third kappa shape index (κ3) is 3.88. The highest BCUT2D eigenvalue weighted by Gasteiger charge is 2.36. The molecule has 0 bridgehead atoms. The van der Waals surface area contributed by atoms with Crippen LogP contribution < -0.4 is 4.74 Å². The summed E-state index contributed by atoms with van der Waals surface area (Å²) in [5.41, 5.74) is 0. The highest BCUT2D eigenvalue weighted by Crippen LogP contribution is 2.25. The van der Waals surface area contributed by atoms with Gasteiger partial charge in [-0.3, -0.25) is 9.59 Å². The number of likely N-dealkylation sites (tertiary alicyclic amines) is 1. The minimum Gasteiger partial charge on any atom is -0.491 e. The van der Waals surface area contributed by atoms with E-state index in [1.165, 1.54) is 0 Å². The van der Waals surface area contributed by atoms with Gasteiger partial charge in [-0.05, 0) is 18.1 Å². The number of hydrogen-bond acceptors (Lipinski definition) is 3. The third-order valence-corrected chi connectivity index (χ3v) is 4.00. The smallest absolute Gasteiger partial charge is 0.308 e. The minimum atomic E-state index is -0.842. The number of amides is 1. The van der Waals surface area contributed by atoms with Gasteiger partial charge in [0.15, 0.2) is 0 Å². The van der Waals surface area contributed by atoms with E-state index >= 15 is 0 Å². The van der Waals surface area contributed by atoms with Crippen molar-refractivity contribution in [1.82, 2.24) is 4.90 Å². The molecule has 0 aliphatic carbocycles. The summed E-state index contributed by atoms with van der Waals surface area (Å²) in [5, 5.41) is 9.57. The van der Waals surface area contributed by atoms with Crippen molar-refractivity contribution in [2.45, 2.75) is 13.3 Å². The molecule has 1 heterocycles. The Morgan fingerprint density at radius 1 is 1.38 bits per heavy atom. The summed E-state index contributed by atoms with van der Waals surface area (Å²) in [6.45, 7) is 2.85. The Balaban J connectivity index is 1.81. The fourth-order valence-corrected chi connectivity index (χ4v) is 2.65. The Hall–Kier alpha value is -1.75. The molecule has 5 nitrogen and oxygen atoms in total. The lowest BCUT2D eigenvalue weighted by Gasteiger charge is -2.16. The largest absolute Gasteiger partial charge is 0.491 e. The first-order chi connectivity index (χ1) is 9.99. The fraction of sp³-hybridized carbons (Fsp3) is 0.467. The first-order valence-electron chi connectivity index (χ1n) is 6.87. The molecule has 21 heavy (non-hydrogen) atoms. The van der Waals surface area contributed by atoms with Gasteiger partial charge in [-0.15, -0.1) is 0 Å². The van der Waals surface area contributed by atoms with Crippen LogP contribution in [-0.4, -0.2) is 41.6 Å². The van der Waals surface area contributed by atoms with Crippen LogP contribution in [0.2, 0.25) is 5.02 Å². The lowest BCUT2D eigenvalue weighted by molar-refractivity contribution is -0.142. The number of carboxylic acid groups (broad SMARTS) is 1. The number of aliphatic carboxylic acids is 1. The van der Waals surface area contributed by atoms with Gasteiger partial charge in [0.25, 0.3) is 0 Å². The number of ether oxygens (including phenoxy) is 1. The number of carbonyl (C=O) groups is 2. The van der Waals surface area contributed by atoms with Crippen molar-refractivity contribution in [2.75, 3.05) is 19.7 Å². The molecule has 1 N–H and O–H groups in total. The molecule has 114 valence electrons. The van der Waals surface area contributed by atoms with E-state index in [1.807, 2.05) is 13.0 Å². The molecule has 1 aromatic carbocycles. The number of nitrogens with zero attached hydrogens (tertiary/aromatic N) is 1. The number of benzene rings is 1. The van der Waals surface area contributed by atoms with Crippen molar-refractivity contribution >= 4 is 23.5 Å². The van der Waals surface area contributed by atoms with E-state index in [9.17, 15) is 9.59 Å². The standard InChI is InChI=1S/C15H18ClNO4/c1-10-8-17(9-11(10)15(19)20)14(18)6-7-21-13-5-3-2-4-12(13)16/h2-5,10-11H,6-9H2,1H3,(H,19,20). The molecular formula is C15H18ClNO4. The predicted molar refractivity (Wildman–Crippen MR) is 78.4 cm³/mol. The van der Waals surface area contributed by atoms with Crippen LogP contribution in [0.3, 0.4) is 0 Å². The highest BCUT2D eigenvalue weighted by atomic mass is 35.5. The van der Waals surface area contributed by atoms with Crippen LogP contribution in [-0.2, 0) is 9.59 Å². The Kier molecular flexibility index (Phi) is 5.07. The normalized spacial score (nSPS) is 21.3. The van der Waals surface area contributed by atoms with Crippen LogP contribution in [0.15, 0.2) is 24.3 Å².